The van der Waals surface area contributed by atoms with Gasteiger partial charge in [0.1, 0.15) is 26.0 Å². The summed E-state index contributed by atoms with van der Waals surface area (Å²) in [6, 6.07) is 13.8. The maximum Gasteiger partial charge on any atom is 0.411 e. The summed E-state index contributed by atoms with van der Waals surface area (Å²) in [6.07, 6.45) is 1.35. The minimum absolute atomic E-state index is 0.0526. The Morgan fingerprint density at radius 1 is 0.800 bits per heavy atom. The molecule has 0 bridgehead atoms. The van der Waals surface area contributed by atoms with Gasteiger partial charge in [-0.05, 0) is 43.1 Å². The second-order valence-corrected chi connectivity index (χ2v) is 14.4. The van der Waals surface area contributed by atoms with E-state index in [0.29, 0.717) is 30.5 Å². The van der Waals surface area contributed by atoms with Crippen LogP contribution in [0.5, 0.6) is 0 Å². The van der Waals surface area contributed by atoms with E-state index in [4.69, 9.17) is 9.47 Å². The molecule has 8 amide bonds. The highest BCUT2D eigenvalue weighted by molar-refractivity contribution is 6.05. The predicted octanol–water partition coefficient (Wildman–Crippen LogP) is 0.376. The Labute approximate surface area is 349 Å². The van der Waals surface area contributed by atoms with Crippen molar-refractivity contribution >= 4 is 58.9 Å². The van der Waals surface area contributed by atoms with E-state index in [2.05, 4.69) is 31.9 Å². The number of ether oxygens (including phenoxy) is 2. The van der Waals surface area contributed by atoms with Crippen LogP contribution >= 0.6 is 0 Å². The Kier molecular flexibility index (Phi) is 20.3. The number of unbranched alkanes of at least 4 members (excludes halogenated alkanes) is 2. The molecule has 1 aliphatic heterocycles. The Bertz CT molecular complexity index is 1810. The largest absolute Gasteiger partial charge is 0.444 e. The fourth-order valence-corrected chi connectivity index (χ4v) is 5.63. The van der Waals surface area contributed by atoms with Crippen molar-refractivity contribution in [2.45, 2.75) is 71.1 Å². The lowest BCUT2D eigenvalue weighted by molar-refractivity contribution is -0.139. The van der Waals surface area contributed by atoms with Crippen LogP contribution in [-0.2, 0) is 60.9 Å². The van der Waals surface area contributed by atoms with Crippen LogP contribution in [0.1, 0.15) is 57.1 Å². The molecule has 2 aromatic carbocycles. The molecular weight excluding hydrogens is 780 g/mol. The molecule has 2 aromatic rings. The Hall–Kier alpha value is -6.21. The molecule has 3 rings (SSSR count). The number of likely N-dealkylation sites (N-methyl/N-ethyl adjacent to an activating group) is 1. The smallest absolute Gasteiger partial charge is 0.411 e. The molecule has 19 nitrogen and oxygen atoms in total. The zero-order valence-corrected chi connectivity index (χ0v) is 34.5. The fraction of sp³-hybridized carbons (Fsp3) is 0.488. The number of carbonyl (C=O) groups is 9. The second-order valence-electron chi connectivity index (χ2n) is 14.4. The zero-order valence-electron chi connectivity index (χ0n) is 34.5. The lowest BCUT2D eigenvalue weighted by atomic mass is 10.1. The number of carbonyl (C=O) groups excluding carboxylic acids is 9. The van der Waals surface area contributed by atoms with Crippen LogP contribution in [0, 0.1) is 5.92 Å². The molecule has 0 radical (unpaired) electrons. The number of Topliss-reactive ketones (excluding diaryl/α,β-unsaturated/α-hetero) is 1. The number of benzene rings is 2. The Morgan fingerprint density at radius 3 is 2.13 bits per heavy atom. The van der Waals surface area contributed by atoms with Crippen LogP contribution in [0.3, 0.4) is 0 Å². The number of amides is 8. The normalized spacial score (nSPS) is 13.9. The first-order valence-electron chi connectivity index (χ1n) is 19.7. The molecule has 326 valence electrons. The van der Waals surface area contributed by atoms with Crippen LogP contribution in [0.25, 0.3) is 0 Å². The van der Waals surface area contributed by atoms with Crippen molar-refractivity contribution in [2.75, 3.05) is 58.9 Å². The average molecular weight is 837 g/mol. The van der Waals surface area contributed by atoms with Crippen molar-refractivity contribution in [3.8, 4) is 0 Å². The molecule has 60 heavy (non-hydrogen) atoms. The number of likely N-dealkylation sites (tertiary alicyclic amines) is 1. The SMILES string of the molecule is CNC1CC(=O)N(CCCCCC(=O)NCC(=O)NCC(=O)N[C@@H](Cc2ccccc2)C(=O)NCC(=O)Nc2ccc(COC(=O)N(C)COCC(=O)C(C)C)cc2)C1=O. The Morgan fingerprint density at radius 2 is 1.47 bits per heavy atom. The van der Waals surface area contributed by atoms with E-state index in [1.165, 1.54) is 16.8 Å². The molecule has 1 saturated heterocycles. The van der Waals surface area contributed by atoms with E-state index in [-0.39, 0.29) is 81.7 Å². The lowest BCUT2D eigenvalue weighted by Crippen LogP contribution is -2.52. The van der Waals surface area contributed by atoms with Crippen molar-refractivity contribution in [2.24, 2.45) is 5.92 Å². The van der Waals surface area contributed by atoms with Crippen LogP contribution in [0.15, 0.2) is 54.6 Å². The highest BCUT2D eigenvalue weighted by Crippen LogP contribution is 2.15. The number of ketones is 1. The van der Waals surface area contributed by atoms with E-state index in [0.717, 1.165) is 5.56 Å². The third-order valence-corrected chi connectivity index (χ3v) is 9.21. The first-order valence-corrected chi connectivity index (χ1v) is 19.7. The van der Waals surface area contributed by atoms with Crippen LogP contribution in [0.2, 0.25) is 0 Å². The summed E-state index contributed by atoms with van der Waals surface area (Å²) in [5.74, 6) is -3.57. The summed E-state index contributed by atoms with van der Waals surface area (Å²) in [5, 5.41) is 15.5. The van der Waals surface area contributed by atoms with Gasteiger partial charge in [-0.25, -0.2) is 4.79 Å². The maximum absolute atomic E-state index is 13.2. The van der Waals surface area contributed by atoms with Crippen LogP contribution in [-0.4, -0.2) is 129 Å². The molecule has 1 aliphatic rings. The number of nitrogens with one attached hydrogen (secondary N) is 6. The lowest BCUT2D eigenvalue weighted by Gasteiger charge is -2.19. The predicted molar refractivity (Wildman–Crippen MR) is 217 cm³/mol. The van der Waals surface area contributed by atoms with Gasteiger partial charge in [0, 0.05) is 38.0 Å². The number of rotatable bonds is 25. The van der Waals surface area contributed by atoms with Gasteiger partial charge in [0.2, 0.25) is 41.4 Å². The van der Waals surface area contributed by atoms with Gasteiger partial charge in [-0.3, -0.25) is 48.2 Å². The van der Waals surface area contributed by atoms with Crippen molar-refractivity contribution in [1.82, 2.24) is 36.4 Å². The number of nitrogens with zero attached hydrogens (tertiary/aromatic N) is 2. The van der Waals surface area contributed by atoms with E-state index in [1.54, 1.807) is 75.5 Å². The second kappa shape index (κ2) is 25.3. The van der Waals surface area contributed by atoms with Gasteiger partial charge < -0.3 is 41.4 Å². The minimum Gasteiger partial charge on any atom is -0.444 e. The molecule has 6 N–H and O–H groups in total. The van der Waals surface area contributed by atoms with Gasteiger partial charge in [-0.15, -0.1) is 0 Å². The topological polar surface area (TPSA) is 251 Å². The van der Waals surface area contributed by atoms with Crippen molar-refractivity contribution < 1.29 is 52.6 Å². The molecule has 2 atom stereocenters. The summed E-state index contributed by atoms with van der Waals surface area (Å²) in [4.78, 5) is 114. The van der Waals surface area contributed by atoms with E-state index in [9.17, 15) is 43.2 Å². The summed E-state index contributed by atoms with van der Waals surface area (Å²) >= 11 is 0. The van der Waals surface area contributed by atoms with Crippen molar-refractivity contribution in [3.05, 3.63) is 65.7 Å². The van der Waals surface area contributed by atoms with Crippen LogP contribution < -0.4 is 31.9 Å². The number of anilines is 1. The monoisotopic (exact) mass is 836 g/mol. The van der Waals surface area contributed by atoms with E-state index >= 15 is 0 Å². The summed E-state index contributed by atoms with van der Waals surface area (Å²) in [7, 11) is 3.10. The maximum atomic E-state index is 13.2. The summed E-state index contributed by atoms with van der Waals surface area (Å²) in [6.45, 7) is 2.27. The molecule has 19 heteroatoms. The molecule has 0 spiro atoms. The quantitative estimate of drug-likeness (QED) is 0.0451. The standard InChI is InChI=1S/C41H56N8O11/c1-27(2)33(50)25-59-26-48(4)41(58)60-24-29-14-16-30(17-15-29)46-36(53)23-45-39(56)31(19-28-11-7-5-8-12-28)47-37(54)22-44-35(52)21-43-34(51)13-9-6-10-18-49-38(55)20-32(42-3)40(49)57/h5,7-8,11-12,14-17,27,31-32,42H,6,9-10,13,18-26H2,1-4H3,(H,43,51)(H,44,52)(H,45,56)(H,46,53)(H,47,54)/t31-,32?/m0/s1. The third-order valence-electron chi connectivity index (χ3n) is 9.21. The van der Waals surface area contributed by atoms with E-state index in [1.807, 2.05) is 0 Å². The molecule has 1 fully saturated rings. The third kappa shape index (κ3) is 17.3. The first-order chi connectivity index (χ1) is 28.7. The molecular formula is C41H56N8O11. The zero-order chi connectivity index (χ0) is 44.0. The fourth-order valence-electron chi connectivity index (χ4n) is 5.63. The van der Waals surface area contributed by atoms with Gasteiger partial charge >= 0.3 is 6.09 Å². The van der Waals surface area contributed by atoms with Gasteiger partial charge in [0.25, 0.3) is 0 Å². The molecule has 0 aromatic heterocycles. The van der Waals surface area contributed by atoms with Gasteiger partial charge in [-0.2, -0.15) is 0 Å². The van der Waals surface area contributed by atoms with Crippen molar-refractivity contribution in [1.29, 1.82) is 0 Å². The molecule has 1 unspecified atom stereocenters. The first kappa shape index (κ1) is 48.2. The van der Waals surface area contributed by atoms with Gasteiger partial charge in [-0.1, -0.05) is 62.7 Å². The number of hydrogen-bond donors (Lipinski definition) is 6. The van der Waals surface area contributed by atoms with Crippen LogP contribution in [0.4, 0.5) is 10.5 Å². The molecule has 1 heterocycles. The minimum atomic E-state index is -1.09. The van der Waals surface area contributed by atoms with Gasteiger partial charge in [0.15, 0.2) is 5.78 Å². The average Bonchev–Trinajstić information content (AvgIpc) is 3.51. The number of hydrogen-bond acceptors (Lipinski definition) is 12. The highest BCUT2D eigenvalue weighted by Gasteiger charge is 2.37. The van der Waals surface area contributed by atoms with Crippen molar-refractivity contribution in [3.63, 3.8) is 0 Å². The molecule has 0 aliphatic carbocycles. The summed E-state index contributed by atoms with van der Waals surface area (Å²) < 4.78 is 10.5. The van der Waals surface area contributed by atoms with E-state index < -0.39 is 54.9 Å². The molecule has 0 saturated carbocycles. The Balaban J connectivity index is 1.36. The van der Waals surface area contributed by atoms with Gasteiger partial charge in [0.05, 0.1) is 32.1 Å². The highest BCUT2D eigenvalue weighted by atomic mass is 16.6. The summed E-state index contributed by atoms with van der Waals surface area (Å²) in [5.41, 5.74) is 1.79. The number of imide groups is 1.